The summed E-state index contributed by atoms with van der Waals surface area (Å²) in [4.78, 5) is 1.21. The summed E-state index contributed by atoms with van der Waals surface area (Å²) in [6.45, 7) is 0.933. The van der Waals surface area contributed by atoms with E-state index in [4.69, 9.17) is 0 Å². The van der Waals surface area contributed by atoms with E-state index in [2.05, 4.69) is 5.32 Å². The topological polar surface area (TPSA) is 32.3 Å². The summed E-state index contributed by atoms with van der Waals surface area (Å²) >= 11 is 1.82. The van der Waals surface area contributed by atoms with Gasteiger partial charge >= 0.3 is 0 Å². The quantitative estimate of drug-likeness (QED) is 0.895. The lowest BCUT2D eigenvalue weighted by atomic mass is 9.87. The molecule has 20 heavy (non-hydrogen) atoms. The zero-order valence-electron chi connectivity index (χ0n) is 11.6. The third kappa shape index (κ3) is 3.35. The van der Waals surface area contributed by atoms with E-state index in [9.17, 15) is 9.50 Å². The molecule has 1 aromatic carbocycles. The minimum absolute atomic E-state index is 0.123. The molecule has 0 amide bonds. The van der Waals surface area contributed by atoms with E-state index in [0.717, 1.165) is 43.5 Å². The summed E-state index contributed by atoms with van der Waals surface area (Å²) in [5.41, 5.74) is 1.11. The third-order valence-corrected chi connectivity index (χ3v) is 5.54. The molecule has 1 aromatic rings. The van der Waals surface area contributed by atoms with E-state index in [1.54, 1.807) is 12.1 Å². The molecule has 4 heteroatoms. The molecule has 3 unspecified atom stereocenters. The van der Waals surface area contributed by atoms with Crippen molar-refractivity contribution in [1.29, 1.82) is 0 Å². The molecule has 2 nitrogen and oxygen atoms in total. The smallest absolute Gasteiger partial charge is 0.123 e. The van der Waals surface area contributed by atoms with E-state index >= 15 is 0 Å². The van der Waals surface area contributed by atoms with Gasteiger partial charge in [-0.05, 0) is 67.7 Å². The maximum absolute atomic E-state index is 13.4. The molecule has 1 heterocycles. The highest BCUT2D eigenvalue weighted by Crippen LogP contribution is 2.36. The van der Waals surface area contributed by atoms with Crippen molar-refractivity contribution in [3.8, 4) is 0 Å². The summed E-state index contributed by atoms with van der Waals surface area (Å²) in [5, 5.41) is 13.3. The first-order chi connectivity index (χ1) is 9.72. The molecular weight excluding hydrogens is 273 g/mol. The van der Waals surface area contributed by atoms with Gasteiger partial charge in [0, 0.05) is 10.9 Å². The molecule has 0 radical (unpaired) electrons. The van der Waals surface area contributed by atoms with Gasteiger partial charge in [0.2, 0.25) is 0 Å². The Kier molecular flexibility index (Phi) is 4.64. The zero-order valence-corrected chi connectivity index (χ0v) is 12.5. The van der Waals surface area contributed by atoms with E-state index < -0.39 is 0 Å². The fraction of sp³-hybridized carbons (Fsp3) is 0.625. The lowest BCUT2D eigenvalue weighted by Gasteiger charge is -2.30. The van der Waals surface area contributed by atoms with Crippen molar-refractivity contribution in [2.24, 2.45) is 5.92 Å². The summed E-state index contributed by atoms with van der Waals surface area (Å²) < 4.78 is 13.4. The number of halogens is 1. The standard InChI is InChI=1S/C16H22FNOS/c17-12-4-5-16-14(9-12)15(6-7-20-16)18-10-11-2-1-3-13(19)8-11/h4-5,9,11,13,15,18-19H,1-3,6-8,10H2. The van der Waals surface area contributed by atoms with Gasteiger partial charge in [-0.2, -0.15) is 0 Å². The van der Waals surface area contributed by atoms with Crippen LogP contribution < -0.4 is 5.32 Å². The van der Waals surface area contributed by atoms with Crippen LogP contribution in [0.4, 0.5) is 4.39 Å². The molecule has 1 fully saturated rings. The lowest BCUT2D eigenvalue weighted by molar-refractivity contribution is 0.0995. The Morgan fingerprint density at radius 1 is 1.30 bits per heavy atom. The Labute approximate surface area is 124 Å². The first-order valence-corrected chi connectivity index (χ1v) is 8.54. The molecule has 0 spiro atoms. The number of rotatable bonds is 3. The van der Waals surface area contributed by atoms with Crippen molar-refractivity contribution in [3.05, 3.63) is 29.6 Å². The highest BCUT2D eigenvalue weighted by atomic mass is 32.2. The Morgan fingerprint density at radius 2 is 2.20 bits per heavy atom. The van der Waals surface area contributed by atoms with E-state index in [0.29, 0.717) is 5.92 Å². The molecule has 110 valence electrons. The minimum Gasteiger partial charge on any atom is -0.393 e. The van der Waals surface area contributed by atoms with Crippen molar-refractivity contribution >= 4 is 11.8 Å². The second kappa shape index (κ2) is 6.46. The number of benzene rings is 1. The number of hydrogen-bond donors (Lipinski definition) is 2. The summed E-state index contributed by atoms with van der Waals surface area (Å²) in [7, 11) is 0. The van der Waals surface area contributed by atoms with Crippen LogP contribution in [0.3, 0.4) is 0 Å². The molecule has 3 atom stereocenters. The maximum atomic E-state index is 13.4. The van der Waals surface area contributed by atoms with Gasteiger partial charge in [-0.1, -0.05) is 6.42 Å². The molecular formula is C16H22FNOS. The Bertz CT molecular complexity index is 468. The number of aliphatic hydroxyl groups excluding tert-OH is 1. The lowest BCUT2D eigenvalue weighted by Crippen LogP contribution is -2.33. The van der Waals surface area contributed by atoms with Gasteiger partial charge < -0.3 is 10.4 Å². The van der Waals surface area contributed by atoms with Crippen molar-refractivity contribution in [3.63, 3.8) is 0 Å². The normalized spacial score (nSPS) is 30.0. The van der Waals surface area contributed by atoms with Gasteiger partial charge in [-0.25, -0.2) is 4.39 Å². The van der Waals surface area contributed by atoms with Crippen LogP contribution in [0.2, 0.25) is 0 Å². The Morgan fingerprint density at radius 3 is 3.05 bits per heavy atom. The van der Waals surface area contributed by atoms with Crippen LogP contribution in [0.25, 0.3) is 0 Å². The van der Waals surface area contributed by atoms with Crippen molar-refractivity contribution < 1.29 is 9.50 Å². The van der Waals surface area contributed by atoms with E-state index in [1.165, 1.54) is 11.3 Å². The first kappa shape index (κ1) is 14.4. The monoisotopic (exact) mass is 295 g/mol. The molecule has 0 saturated heterocycles. The highest BCUT2D eigenvalue weighted by molar-refractivity contribution is 7.99. The van der Waals surface area contributed by atoms with Crippen molar-refractivity contribution in [2.45, 2.75) is 49.1 Å². The van der Waals surface area contributed by atoms with Gasteiger partial charge in [0.15, 0.2) is 0 Å². The maximum Gasteiger partial charge on any atom is 0.123 e. The van der Waals surface area contributed by atoms with Crippen molar-refractivity contribution in [1.82, 2.24) is 5.32 Å². The molecule has 0 aromatic heterocycles. The fourth-order valence-corrected chi connectivity index (χ4v) is 4.44. The van der Waals surface area contributed by atoms with E-state index in [1.807, 2.05) is 17.8 Å². The number of fused-ring (bicyclic) bond motifs is 1. The predicted octanol–water partition coefficient (Wildman–Crippen LogP) is 3.50. The molecule has 2 aliphatic rings. The molecule has 1 aliphatic heterocycles. The largest absolute Gasteiger partial charge is 0.393 e. The summed E-state index contributed by atoms with van der Waals surface area (Å²) in [6.07, 6.45) is 5.11. The molecule has 1 saturated carbocycles. The average molecular weight is 295 g/mol. The van der Waals surface area contributed by atoms with Crippen LogP contribution in [-0.2, 0) is 0 Å². The third-order valence-electron chi connectivity index (χ3n) is 4.42. The summed E-state index contributed by atoms with van der Waals surface area (Å²) in [6, 6.07) is 5.38. The van der Waals surface area contributed by atoms with Crippen LogP contribution in [0, 0.1) is 11.7 Å². The van der Waals surface area contributed by atoms with Gasteiger partial charge in [0.05, 0.1) is 6.10 Å². The summed E-state index contributed by atoms with van der Waals surface area (Å²) in [5.74, 6) is 1.50. The van der Waals surface area contributed by atoms with Crippen LogP contribution in [0.15, 0.2) is 23.1 Å². The first-order valence-electron chi connectivity index (χ1n) is 7.56. The molecule has 0 bridgehead atoms. The molecule has 2 N–H and O–H groups in total. The van der Waals surface area contributed by atoms with Crippen LogP contribution >= 0.6 is 11.8 Å². The van der Waals surface area contributed by atoms with Crippen LogP contribution in [0.1, 0.15) is 43.7 Å². The second-order valence-corrected chi connectivity index (χ2v) is 7.10. The minimum atomic E-state index is -0.147. The second-order valence-electron chi connectivity index (χ2n) is 5.97. The van der Waals surface area contributed by atoms with Gasteiger partial charge in [-0.15, -0.1) is 11.8 Å². The number of thioether (sulfide) groups is 1. The van der Waals surface area contributed by atoms with Gasteiger partial charge in [-0.3, -0.25) is 0 Å². The van der Waals surface area contributed by atoms with Gasteiger partial charge in [0.25, 0.3) is 0 Å². The van der Waals surface area contributed by atoms with E-state index in [-0.39, 0.29) is 18.0 Å². The average Bonchev–Trinajstić information content (AvgIpc) is 2.45. The predicted molar refractivity (Wildman–Crippen MR) is 80.4 cm³/mol. The number of aliphatic hydroxyl groups is 1. The Balaban J connectivity index is 1.62. The molecule has 1 aliphatic carbocycles. The Hall–Kier alpha value is -0.580. The van der Waals surface area contributed by atoms with Gasteiger partial charge in [0.1, 0.15) is 5.82 Å². The number of hydrogen-bond acceptors (Lipinski definition) is 3. The fourth-order valence-electron chi connectivity index (χ4n) is 3.33. The van der Waals surface area contributed by atoms with Crippen molar-refractivity contribution in [2.75, 3.05) is 12.3 Å². The van der Waals surface area contributed by atoms with Crippen LogP contribution in [0.5, 0.6) is 0 Å². The SMILES string of the molecule is OC1CCCC(CNC2CCSc3ccc(F)cc32)C1. The molecule has 3 rings (SSSR count). The van der Waals surface area contributed by atoms with Crippen LogP contribution in [-0.4, -0.2) is 23.5 Å². The highest BCUT2D eigenvalue weighted by Gasteiger charge is 2.24. The zero-order chi connectivity index (χ0) is 13.9. The number of nitrogens with one attached hydrogen (secondary N) is 1.